The molecule has 0 atom stereocenters. The molecule has 54 heavy (non-hydrogen) atoms. The van der Waals surface area contributed by atoms with Crippen molar-refractivity contribution in [2.45, 2.75) is 0 Å². The molecule has 0 unspecified atom stereocenters. The van der Waals surface area contributed by atoms with Crippen LogP contribution in [0, 0.1) is 0 Å². The second-order valence-electron chi connectivity index (χ2n) is 13.3. The third-order valence-corrected chi connectivity index (χ3v) is 10.0. The quantitative estimate of drug-likeness (QED) is 0.167. The van der Waals surface area contributed by atoms with Gasteiger partial charge in [0.05, 0.1) is 11.0 Å². The Morgan fingerprint density at radius 3 is 1.65 bits per heavy atom. The van der Waals surface area contributed by atoms with E-state index in [1.807, 2.05) is 18.2 Å². The van der Waals surface area contributed by atoms with Gasteiger partial charge in [-0.15, -0.1) is 0 Å². The van der Waals surface area contributed by atoms with Gasteiger partial charge in [0.2, 0.25) is 5.95 Å². The molecular weight excluding hydrogens is 659 g/mol. The molecule has 10 aromatic rings. The second-order valence-corrected chi connectivity index (χ2v) is 13.3. The highest BCUT2D eigenvalue weighted by Gasteiger charge is 2.19. The highest BCUT2D eigenvalue weighted by molar-refractivity contribution is 6.10. The number of rotatable bonds is 7. The number of fused-ring (bicyclic) bond motifs is 4. The number of anilines is 3. The Morgan fingerprint density at radius 2 is 0.907 bits per heavy atom. The second kappa shape index (κ2) is 13.3. The van der Waals surface area contributed by atoms with Crippen LogP contribution in [0.3, 0.4) is 0 Å². The minimum atomic E-state index is 0.576. The van der Waals surface area contributed by atoms with E-state index in [-0.39, 0.29) is 0 Å². The fourth-order valence-corrected chi connectivity index (χ4v) is 7.49. The van der Waals surface area contributed by atoms with E-state index < -0.39 is 0 Å². The lowest BCUT2D eigenvalue weighted by atomic mass is 10.0. The summed E-state index contributed by atoms with van der Waals surface area (Å²) >= 11 is 0. The van der Waals surface area contributed by atoms with E-state index in [9.17, 15) is 0 Å². The number of aromatic nitrogens is 4. The Morgan fingerprint density at radius 1 is 0.352 bits per heavy atom. The molecule has 0 bridgehead atoms. The molecule has 0 saturated heterocycles. The summed E-state index contributed by atoms with van der Waals surface area (Å²) in [5, 5.41) is 4.52. The molecular formula is C49H33N5. The van der Waals surface area contributed by atoms with E-state index in [1.54, 1.807) is 0 Å². The van der Waals surface area contributed by atoms with E-state index in [0.29, 0.717) is 17.6 Å². The zero-order chi connectivity index (χ0) is 35.8. The third kappa shape index (κ3) is 5.56. The molecule has 0 aliphatic heterocycles. The van der Waals surface area contributed by atoms with Crippen LogP contribution in [0.5, 0.6) is 0 Å². The minimum Gasteiger partial charge on any atom is -0.311 e. The summed E-state index contributed by atoms with van der Waals surface area (Å²) in [6, 6.07) is 69.8. The zero-order valence-corrected chi connectivity index (χ0v) is 29.3. The minimum absolute atomic E-state index is 0.576. The monoisotopic (exact) mass is 691 g/mol. The lowest BCUT2D eigenvalue weighted by Crippen LogP contribution is -2.09. The van der Waals surface area contributed by atoms with Gasteiger partial charge in [0, 0.05) is 39.0 Å². The van der Waals surface area contributed by atoms with Gasteiger partial charge in [-0.25, -0.2) is 4.98 Å². The van der Waals surface area contributed by atoms with Gasteiger partial charge >= 0.3 is 0 Å². The zero-order valence-electron chi connectivity index (χ0n) is 29.3. The van der Waals surface area contributed by atoms with Crippen LogP contribution in [-0.2, 0) is 0 Å². The van der Waals surface area contributed by atoms with Gasteiger partial charge in [0.25, 0.3) is 0 Å². The molecule has 254 valence electrons. The molecule has 2 heterocycles. The number of para-hydroxylation sites is 3. The van der Waals surface area contributed by atoms with Crippen LogP contribution >= 0.6 is 0 Å². The predicted octanol–water partition coefficient (Wildman–Crippen LogP) is 12.6. The molecule has 0 saturated carbocycles. The fourth-order valence-electron chi connectivity index (χ4n) is 7.49. The van der Waals surface area contributed by atoms with Crippen molar-refractivity contribution < 1.29 is 0 Å². The number of nitrogens with zero attached hydrogens (tertiary/aromatic N) is 5. The van der Waals surface area contributed by atoms with Crippen molar-refractivity contribution in [1.82, 2.24) is 19.5 Å². The first-order valence-corrected chi connectivity index (χ1v) is 18.1. The van der Waals surface area contributed by atoms with Crippen LogP contribution in [-0.4, -0.2) is 19.5 Å². The predicted molar refractivity (Wildman–Crippen MR) is 223 cm³/mol. The molecule has 10 rings (SSSR count). The Labute approximate surface area is 313 Å². The smallest absolute Gasteiger partial charge is 0.238 e. The van der Waals surface area contributed by atoms with Crippen molar-refractivity contribution in [3.05, 3.63) is 200 Å². The van der Waals surface area contributed by atoms with Gasteiger partial charge in [-0.2, -0.15) is 9.97 Å². The largest absolute Gasteiger partial charge is 0.311 e. The van der Waals surface area contributed by atoms with Gasteiger partial charge in [0.15, 0.2) is 11.6 Å². The lowest BCUT2D eigenvalue weighted by molar-refractivity contribution is 0.954. The molecule has 0 fully saturated rings. The lowest BCUT2D eigenvalue weighted by Gasteiger charge is -2.25. The summed E-state index contributed by atoms with van der Waals surface area (Å²) < 4.78 is 2.19. The highest BCUT2D eigenvalue weighted by atomic mass is 15.2. The summed E-state index contributed by atoms with van der Waals surface area (Å²) in [5.74, 6) is 1.84. The van der Waals surface area contributed by atoms with E-state index in [0.717, 1.165) is 71.9 Å². The topological polar surface area (TPSA) is 46.8 Å². The number of hydrogen-bond acceptors (Lipinski definition) is 4. The molecule has 0 N–H and O–H groups in total. The molecule has 0 aliphatic rings. The molecule has 2 aromatic heterocycles. The number of hydrogen-bond donors (Lipinski definition) is 0. The molecule has 8 aromatic carbocycles. The third-order valence-electron chi connectivity index (χ3n) is 10.0. The fraction of sp³-hybridized carbons (Fsp3) is 0. The normalized spacial score (nSPS) is 11.3. The Kier molecular flexibility index (Phi) is 7.73. The van der Waals surface area contributed by atoms with Gasteiger partial charge in [-0.1, -0.05) is 152 Å². The Balaban J connectivity index is 1.14. The summed E-state index contributed by atoms with van der Waals surface area (Å²) in [4.78, 5) is 17.8. The maximum Gasteiger partial charge on any atom is 0.238 e. The van der Waals surface area contributed by atoms with Crippen LogP contribution in [0.25, 0.3) is 72.4 Å². The summed E-state index contributed by atoms with van der Waals surface area (Å²) in [5.41, 5.74) is 9.50. The van der Waals surface area contributed by atoms with Crippen molar-refractivity contribution in [1.29, 1.82) is 0 Å². The molecule has 5 heteroatoms. The van der Waals surface area contributed by atoms with E-state index >= 15 is 0 Å². The van der Waals surface area contributed by atoms with Crippen molar-refractivity contribution in [2.75, 3.05) is 4.90 Å². The van der Waals surface area contributed by atoms with E-state index in [2.05, 4.69) is 191 Å². The summed E-state index contributed by atoms with van der Waals surface area (Å²) in [6.45, 7) is 0. The molecule has 0 amide bonds. The molecule has 5 nitrogen and oxygen atoms in total. The summed E-state index contributed by atoms with van der Waals surface area (Å²) in [6.07, 6.45) is 0. The Bertz CT molecular complexity index is 2880. The SMILES string of the molecule is c1ccc(-c2nc(-c3cccc4ccccc34)nc(-n3c4ccccc4c4ccc(-c5ccc(N(c6ccccc6)c6ccccc6)cc5)cc43)n2)cc1. The van der Waals surface area contributed by atoms with Gasteiger partial charge in [-0.05, 0) is 70.4 Å². The summed E-state index contributed by atoms with van der Waals surface area (Å²) in [7, 11) is 0. The molecule has 0 spiro atoms. The average Bonchev–Trinajstić information content (AvgIpc) is 3.58. The van der Waals surface area contributed by atoms with E-state index in [1.165, 1.54) is 0 Å². The average molecular weight is 692 g/mol. The van der Waals surface area contributed by atoms with Crippen molar-refractivity contribution in [2.24, 2.45) is 0 Å². The van der Waals surface area contributed by atoms with Gasteiger partial charge in [0.1, 0.15) is 0 Å². The van der Waals surface area contributed by atoms with Crippen LogP contribution in [0.2, 0.25) is 0 Å². The molecule has 0 radical (unpaired) electrons. The van der Waals surface area contributed by atoms with Gasteiger partial charge in [-0.3, -0.25) is 4.57 Å². The van der Waals surface area contributed by atoms with Crippen LogP contribution in [0.15, 0.2) is 200 Å². The highest BCUT2D eigenvalue weighted by Crippen LogP contribution is 2.38. The van der Waals surface area contributed by atoms with Crippen LogP contribution in [0.4, 0.5) is 17.1 Å². The Hall–Kier alpha value is -7.37. The van der Waals surface area contributed by atoms with E-state index in [4.69, 9.17) is 15.0 Å². The number of benzene rings is 8. The molecule has 0 aliphatic carbocycles. The maximum atomic E-state index is 5.25. The maximum absolute atomic E-state index is 5.25. The first-order chi connectivity index (χ1) is 26.8. The van der Waals surface area contributed by atoms with Crippen molar-refractivity contribution in [3.8, 4) is 39.9 Å². The first kappa shape index (κ1) is 31.4. The van der Waals surface area contributed by atoms with Gasteiger partial charge < -0.3 is 4.90 Å². The van der Waals surface area contributed by atoms with Crippen molar-refractivity contribution in [3.63, 3.8) is 0 Å². The standard InChI is InChI=1S/C49H33N5/c1-4-16-36(17-5-1)47-50-48(44-25-14-18-35-15-10-11-23-41(35)44)52-49(51-47)54-45-26-13-12-24-42(45)43-32-29-37(33-46(43)54)34-27-30-40(31-28-34)53(38-19-6-2-7-20-38)39-21-8-3-9-22-39/h1-33H. The van der Waals surface area contributed by atoms with Crippen molar-refractivity contribution >= 4 is 49.6 Å². The van der Waals surface area contributed by atoms with Crippen LogP contribution in [0.1, 0.15) is 0 Å². The first-order valence-electron chi connectivity index (χ1n) is 18.1. The van der Waals surface area contributed by atoms with Crippen LogP contribution < -0.4 is 4.90 Å².